The number of esters is 3. The molecule has 1 aromatic carbocycles. The third-order valence-electron chi connectivity index (χ3n) is 2.61. The predicted octanol–water partition coefficient (Wildman–Crippen LogP) is 1.56. The van der Waals surface area contributed by atoms with Crippen LogP contribution in [-0.4, -0.2) is 39.2 Å². The quantitative estimate of drug-likeness (QED) is 0.477. The Hall–Kier alpha value is -2.08. The monoisotopic (exact) mass is 300 g/mol. The van der Waals surface area contributed by atoms with Gasteiger partial charge in [0.25, 0.3) is 0 Å². The summed E-state index contributed by atoms with van der Waals surface area (Å²) in [6.45, 7) is 0. The predicted molar refractivity (Wildman–Crippen MR) is 69.6 cm³/mol. The van der Waals surface area contributed by atoms with Gasteiger partial charge in [-0.3, -0.25) is 9.59 Å². The SMILES string of the molecule is COC(=O)c1cc(Cl)ccc1C(C(=O)OC)C(=O)OC. The molecule has 108 valence electrons. The number of methoxy groups -OCH3 is 3. The first kappa shape index (κ1) is 16.0. The Kier molecular flexibility index (Phi) is 5.52. The van der Waals surface area contributed by atoms with E-state index in [-0.39, 0.29) is 16.1 Å². The van der Waals surface area contributed by atoms with Gasteiger partial charge in [0.15, 0.2) is 5.92 Å². The molecule has 0 aliphatic heterocycles. The van der Waals surface area contributed by atoms with Crippen LogP contribution in [0.2, 0.25) is 5.02 Å². The molecule has 0 aliphatic rings. The van der Waals surface area contributed by atoms with E-state index in [4.69, 9.17) is 11.6 Å². The van der Waals surface area contributed by atoms with Gasteiger partial charge in [0.1, 0.15) is 0 Å². The van der Waals surface area contributed by atoms with Crippen molar-refractivity contribution in [1.82, 2.24) is 0 Å². The Morgan fingerprint density at radius 1 is 1.00 bits per heavy atom. The zero-order valence-corrected chi connectivity index (χ0v) is 11.9. The summed E-state index contributed by atoms with van der Waals surface area (Å²) in [5.41, 5.74) is 0.112. The summed E-state index contributed by atoms with van der Waals surface area (Å²) in [7, 11) is 3.44. The second-order valence-corrected chi connectivity index (χ2v) is 4.14. The van der Waals surface area contributed by atoms with E-state index in [1.54, 1.807) is 0 Å². The summed E-state index contributed by atoms with van der Waals surface area (Å²) in [6.07, 6.45) is 0. The first-order valence-corrected chi connectivity index (χ1v) is 5.87. The van der Waals surface area contributed by atoms with Gasteiger partial charge in [0.05, 0.1) is 26.9 Å². The van der Waals surface area contributed by atoms with Gasteiger partial charge in [-0.15, -0.1) is 0 Å². The van der Waals surface area contributed by atoms with E-state index >= 15 is 0 Å². The third kappa shape index (κ3) is 3.27. The maximum atomic E-state index is 11.8. The van der Waals surface area contributed by atoms with Crippen LogP contribution < -0.4 is 0 Å². The fourth-order valence-corrected chi connectivity index (χ4v) is 1.82. The molecule has 7 heteroatoms. The highest BCUT2D eigenvalue weighted by atomic mass is 35.5. The van der Waals surface area contributed by atoms with Crippen molar-refractivity contribution >= 4 is 29.5 Å². The Bertz CT molecular complexity index is 524. The van der Waals surface area contributed by atoms with Gasteiger partial charge in [0.2, 0.25) is 0 Å². The highest BCUT2D eigenvalue weighted by Gasteiger charge is 2.34. The van der Waals surface area contributed by atoms with Gasteiger partial charge in [-0.05, 0) is 17.7 Å². The van der Waals surface area contributed by atoms with Crippen molar-refractivity contribution in [2.24, 2.45) is 0 Å². The lowest BCUT2D eigenvalue weighted by atomic mass is 9.94. The molecule has 0 N–H and O–H groups in total. The van der Waals surface area contributed by atoms with E-state index in [1.165, 1.54) is 25.3 Å². The average Bonchev–Trinajstić information content (AvgIpc) is 2.47. The molecular formula is C13H13ClO6. The lowest BCUT2D eigenvalue weighted by Gasteiger charge is -2.15. The highest BCUT2D eigenvalue weighted by Crippen LogP contribution is 2.26. The number of hydrogen-bond donors (Lipinski definition) is 0. The van der Waals surface area contributed by atoms with Gasteiger partial charge in [-0.2, -0.15) is 0 Å². The number of halogens is 1. The molecular weight excluding hydrogens is 288 g/mol. The van der Waals surface area contributed by atoms with Crippen molar-refractivity contribution in [3.05, 3.63) is 34.3 Å². The van der Waals surface area contributed by atoms with E-state index < -0.39 is 23.8 Å². The van der Waals surface area contributed by atoms with Crippen molar-refractivity contribution in [2.45, 2.75) is 5.92 Å². The Morgan fingerprint density at radius 3 is 2.00 bits per heavy atom. The molecule has 0 heterocycles. The molecule has 0 saturated carbocycles. The number of carbonyl (C=O) groups excluding carboxylic acids is 3. The van der Waals surface area contributed by atoms with Crippen molar-refractivity contribution in [3.63, 3.8) is 0 Å². The molecule has 0 saturated heterocycles. The largest absolute Gasteiger partial charge is 0.468 e. The molecule has 0 atom stereocenters. The van der Waals surface area contributed by atoms with Crippen LogP contribution in [0.25, 0.3) is 0 Å². The van der Waals surface area contributed by atoms with Gasteiger partial charge in [0, 0.05) is 5.02 Å². The van der Waals surface area contributed by atoms with Crippen LogP contribution in [0.15, 0.2) is 18.2 Å². The number of carbonyl (C=O) groups is 3. The number of rotatable bonds is 4. The summed E-state index contributed by atoms with van der Waals surface area (Å²) < 4.78 is 13.7. The van der Waals surface area contributed by atoms with Crippen molar-refractivity contribution < 1.29 is 28.6 Å². The Labute approximate surface area is 120 Å². The molecule has 1 rings (SSSR count). The van der Waals surface area contributed by atoms with Crippen LogP contribution in [0, 0.1) is 0 Å². The van der Waals surface area contributed by atoms with E-state index in [2.05, 4.69) is 14.2 Å². The van der Waals surface area contributed by atoms with Gasteiger partial charge >= 0.3 is 17.9 Å². The van der Waals surface area contributed by atoms with Crippen LogP contribution in [0.5, 0.6) is 0 Å². The fourth-order valence-electron chi connectivity index (χ4n) is 1.65. The van der Waals surface area contributed by atoms with Crippen LogP contribution in [0.4, 0.5) is 0 Å². The van der Waals surface area contributed by atoms with Crippen molar-refractivity contribution in [1.29, 1.82) is 0 Å². The zero-order valence-electron chi connectivity index (χ0n) is 11.1. The number of hydrogen-bond acceptors (Lipinski definition) is 6. The standard InChI is InChI=1S/C13H13ClO6/c1-18-11(15)9-6-7(14)4-5-8(9)10(12(16)19-2)13(17)20-3/h4-6,10H,1-3H3. The molecule has 0 amide bonds. The van der Waals surface area contributed by atoms with E-state index in [0.29, 0.717) is 0 Å². The Morgan fingerprint density at radius 2 is 1.55 bits per heavy atom. The molecule has 20 heavy (non-hydrogen) atoms. The lowest BCUT2D eigenvalue weighted by molar-refractivity contribution is -0.154. The minimum absolute atomic E-state index is 0.000741. The van der Waals surface area contributed by atoms with Crippen molar-refractivity contribution in [2.75, 3.05) is 21.3 Å². The molecule has 0 unspecified atom stereocenters. The normalized spacial score (nSPS) is 10.1. The topological polar surface area (TPSA) is 78.9 Å². The van der Waals surface area contributed by atoms with Crippen LogP contribution in [0.1, 0.15) is 21.8 Å². The fraction of sp³-hybridized carbons (Fsp3) is 0.308. The maximum absolute atomic E-state index is 11.8. The highest BCUT2D eigenvalue weighted by molar-refractivity contribution is 6.31. The summed E-state index contributed by atoms with van der Waals surface area (Å²) in [5.74, 6) is -3.79. The van der Waals surface area contributed by atoms with E-state index in [0.717, 1.165) is 14.2 Å². The summed E-state index contributed by atoms with van der Waals surface area (Å²) in [5, 5.41) is 0.266. The third-order valence-corrected chi connectivity index (χ3v) is 2.84. The van der Waals surface area contributed by atoms with Gasteiger partial charge < -0.3 is 14.2 Å². The molecule has 0 aromatic heterocycles. The zero-order chi connectivity index (χ0) is 15.3. The molecule has 0 aliphatic carbocycles. The average molecular weight is 301 g/mol. The first-order valence-electron chi connectivity index (χ1n) is 5.49. The maximum Gasteiger partial charge on any atom is 0.338 e. The molecule has 6 nitrogen and oxygen atoms in total. The molecule has 1 aromatic rings. The van der Waals surface area contributed by atoms with E-state index in [1.807, 2.05) is 0 Å². The summed E-state index contributed by atoms with van der Waals surface area (Å²) in [6, 6.07) is 4.14. The molecule has 0 bridgehead atoms. The van der Waals surface area contributed by atoms with E-state index in [9.17, 15) is 14.4 Å². The summed E-state index contributed by atoms with van der Waals surface area (Å²) in [4.78, 5) is 35.2. The summed E-state index contributed by atoms with van der Waals surface area (Å²) >= 11 is 5.81. The van der Waals surface area contributed by atoms with Crippen LogP contribution in [0.3, 0.4) is 0 Å². The van der Waals surface area contributed by atoms with Gasteiger partial charge in [-0.1, -0.05) is 17.7 Å². The smallest absolute Gasteiger partial charge is 0.338 e. The minimum Gasteiger partial charge on any atom is -0.468 e. The van der Waals surface area contributed by atoms with Crippen LogP contribution >= 0.6 is 11.6 Å². The first-order chi connectivity index (χ1) is 9.46. The number of benzene rings is 1. The Balaban J connectivity index is 3.43. The van der Waals surface area contributed by atoms with Gasteiger partial charge in [-0.25, -0.2) is 4.79 Å². The second-order valence-electron chi connectivity index (χ2n) is 3.70. The minimum atomic E-state index is -1.38. The molecule has 0 radical (unpaired) electrons. The molecule has 0 spiro atoms. The lowest BCUT2D eigenvalue weighted by Crippen LogP contribution is -2.26. The van der Waals surface area contributed by atoms with Crippen molar-refractivity contribution in [3.8, 4) is 0 Å². The number of ether oxygens (including phenoxy) is 3. The molecule has 0 fully saturated rings. The second kappa shape index (κ2) is 6.91. The van der Waals surface area contributed by atoms with Crippen LogP contribution in [-0.2, 0) is 23.8 Å².